The van der Waals surface area contributed by atoms with E-state index in [2.05, 4.69) is 10.6 Å². The summed E-state index contributed by atoms with van der Waals surface area (Å²) < 4.78 is 0. The maximum atomic E-state index is 12.1. The average molecular weight is 289 g/mol. The van der Waals surface area contributed by atoms with Crippen LogP contribution in [0.25, 0.3) is 0 Å². The third-order valence-electron chi connectivity index (χ3n) is 3.80. The van der Waals surface area contributed by atoms with Gasteiger partial charge in [-0.05, 0) is 43.5 Å². The van der Waals surface area contributed by atoms with Crippen LogP contribution in [-0.2, 0) is 4.79 Å². The van der Waals surface area contributed by atoms with Crippen molar-refractivity contribution in [3.05, 3.63) is 29.3 Å². The van der Waals surface area contributed by atoms with Gasteiger partial charge in [-0.15, -0.1) is 0 Å². The van der Waals surface area contributed by atoms with Crippen LogP contribution < -0.4 is 15.5 Å². The van der Waals surface area contributed by atoms with Gasteiger partial charge in [-0.3, -0.25) is 4.79 Å². The summed E-state index contributed by atoms with van der Waals surface area (Å²) in [4.78, 5) is 25.5. The second-order valence-electron chi connectivity index (χ2n) is 5.57. The van der Waals surface area contributed by atoms with Crippen LogP contribution in [0.2, 0.25) is 0 Å². The highest BCUT2D eigenvalue weighted by Crippen LogP contribution is 2.23. The van der Waals surface area contributed by atoms with Gasteiger partial charge in [-0.1, -0.05) is 13.0 Å². The summed E-state index contributed by atoms with van der Waals surface area (Å²) in [5.74, 6) is 0.0547. The molecular weight excluding hydrogens is 266 g/mol. The summed E-state index contributed by atoms with van der Waals surface area (Å²) in [6.07, 6.45) is 1.25. The van der Waals surface area contributed by atoms with Crippen molar-refractivity contribution in [3.63, 3.8) is 0 Å². The highest BCUT2D eigenvalue weighted by atomic mass is 16.2. The number of rotatable bonds is 4. The number of benzene rings is 1. The first-order valence-corrected chi connectivity index (χ1v) is 7.43. The van der Waals surface area contributed by atoms with Crippen LogP contribution in [0.1, 0.15) is 30.9 Å². The Morgan fingerprint density at radius 1 is 1.33 bits per heavy atom. The lowest BCUT2D eigenvalue weighted by molar-refractivity contribution is -0.117. The third-order valence-corrected chi connectivity index (χ3v) is 3.80. The fourth-order valence-electron chi connectivity index (χ4n) is 2.42. The van der Waals surface area contributed by atoms with Crippen LogP contribution in [0, 0.1) is 13.8 Å². The Balaban J connectivity index is 1.99. The smallest absolute Gasteiger partial charge is 0.315 e. The number of carbonyl (C=O) groups excluding carboxylic acids is 2. The molecule has 0 spiro atoms. The van der Waals surface area contributed by atoms with Gasteiger partial charge < -0.3 is 15.5 Å². The number of aryl methyl sites for hydroxylation is 2. The maximum Gasteiger partial charge on any atom is 0.315 e. The van der Waals surface area contributed by atoms with Gasteiger partial charge in [0.1, 0.15) is 0 Å². The number of carbonyl (C=O) groups is 2. The number of amides is 3. The van der Waals surface area contributed by atoms with Gasteiger partial charge in [0.05, 0.1) is 6.04 Å². The van der Waals surface area contributed by atoms with Crippen molar-refractivity contribution in [2.24, 2.45) is 0 Å². The Morgan fingerprint density at radius 3 is 2.76 bits per heavy atom. The number of anilines is 1. The van der Waals surface area contributed by atoms with Gasteiger partial charge in [-0.25, -0.2) is 4.79 Å². The molecule has 1 fully saturated rings. The number of hydrogen-bond donors (Lipinski definition) is 2. The fraction of sp³-hybridized carbons (Fsp3) is 0.500. The Hall–Kier alpha value is -2.04. The molecular formula is C16H23N3O2. The first-order valence-electron chi connectivity index (χ1n) is 7.43. The molecule has 1 aromatic carbocycles. The predicted molar refractivity (Wildman–Crippen MR) is 83.5 cm³/mol. The van der Waals surface area contributed by atoms with E-state index < -0.39 is 0 Å². The molecule has 0 radical (unpaired) electrons. The first kappa shape index (κ1) is 15.4. The highest BCUT2D eigenvalue weighted by Gasteiger charge is 2.31. The molecule has 0 bridgehead atoms. The Labute approximate surface area is 125 Å². The molecule has 114 valence electrons. The van der Waals surface area contributed by atoms with Crippen LogP contribution in [0.15, 0.2) is 18.2 Å². The van der Waals surface area contributed by atoms with Crippen molar-refractivity contribution in [1.82, 2.24) is 10.6 Å². The van der Waals surface area contributed by atoms with E-state index in [4.69, 9.17) is 0 Å². The average Bonchev–Trinajstić information content (AvgIpc) is 2.80. The van der Waals surface area contributed by atoms with Gasteiger partial charge >= 0.3 is 6.03 Å². The normalized spacial score (nSPS) is 18.0. The molecule has 1 aliphatic rings. The van der Waals surface area contributed by atoms with Gasteiger partial charge in [0, 0.05) is 25.2 Å². The Morgan fingerprint density at radius 2 is 2.10 bits per heavy atom. The van der Waals surface area contributed by atoms with E-state index in [0.717, 1.165) is 17.7 Å². The monoisotopic (exact) mass is 289 g/mol. The number of urea groups is 1. The molecule has 1 atom stereocenters. The van der Waals surface area contributed by atoms with Crippen LogP contribution in [0.3, 0.4) is 0 Å². The molecule has 21 heavy (non-hydrogen) atoms. The number of nitrogens with one attached hydrogen (secondary N) is 2. The van der Waals surface area contributed by atoms with Gasteiger partial charge in [0.15, 0.2) is 0 Å². The van der Waals surface area contributed by atoms with Gasteiger partial charge in [0.2, 0.25) is 5.91 Å². The van der Waals surface area contributed by atoms with E-state index in [1.165, 1.54) is 5.56 Å². The maximum absolute atomic E-state index is 12.1. The minimum atomic E-state index is -0.198. The third kappa shape index (κ3) is 3.74. The van der Waals surface area contributed by atoms with E-state index in [-0.39, 0.29) is 18.0 Å². The van der Waals surface area contributed by atoms with E-state index in [9.17, 15) is 9.59 Å². The van der Waals surface area contributed by atoms with Crippen molar-refractivity contribution < 1.29 is 9.59 Å². The molecule has 5 nitrogen and oxygen atoms in total. The van der Waals surface area contributed by atoms with Crippen LogP contribution >= 0.6 is 0 Å². The predicted octanol–water partition coefficient (Wildman–Crippen LogP) is 2.12. The van der Waals surface area contributed by atoms with Crippen LogP contribution in [-0.4, -0.2) is 31.1 Å². The molecule has 0 saturated carbocycles. The molecule has 1 aromatic rings. The summed E-state index contributed by atoms with van der Waals surface area (Å²) in [5, 5.41) is 5.62. The van der Waals surface area contributed by atoms with Crippen molar-refractivity contribution in [2.45, 2.75) is 39.7 Å². The number of hydrogen-bond acceptors (Lipinski definition) is 2. The summed E-state index contributed by atoms with van der Waals surface area (Å²) in [6, 6.07) is 5.67. The molecule has 5 heteroatoms. The van der Waals surface area contributed by atoms with E-state index >= 15 is 0 Å². The molecule has 0 aromatic heterocycles. The van der Waals surface area contributed by atoms with Gasteiger partial charge in [0.25, 0.3) is 0 Å². The zero-order chi connectivity index (χ0) is 15.4. The standard InChI is InChI=1S/C16H23N3O2/c1-4-7-17-16(21)18-13-9-15(20)19(10-13)14-6-5-11(2)12(3)8-14/h5-6,8,13H,4,7,9-10H2,1-3H3,(H2,17,18,21)/t13-/m0/s1. The van der Waals surface area contributed by atoms with E-state index in [0.29, 0.717) is 19.5 Å². The molecule has 1 aliphatic heterocycles. The van der Waals surface area contributed by atoms with E-state index in [1.54, 1.807) is 4.90 Å². The molecule has 1 heterocycles. The summed E-state index contributed by atoms with van der Waals surface area (Å²) in [5.41, 5.74) is 3.28. The minimum Gasteiger partial charge on any atom is -0.338 e. The van der Waals surface area contributed by atoms with Crippen molar-refractivity contribution in [3.8, 4) is 0 Å². The quantitative estimate of drug-likeness (QED) is 0.892. The topological polar surface area (TPSA) is 61.4 Å². The minimum absolute atomic E-state index is 0.0547. The van der Waals surface area contributed by atoms with Gasteiger partial charge in [-0.2, -0.15) is 0 Å². The SMILES string of the molecule is CCCNC(=O)N[C@H]1CC(=O)N(c2ccc(C)c(C)c2)C1. The fourth-order valence-corrected chi connectivity index (χ4v) is 2.42. The highest BCUT2D eigenvalue weighted by molar-refractivity contribution is 5.96. The second-order valence-corrected chi connectivity index (χ2v) is 5.57. The largest absolute Gasteiger partial charge is 0.338 e. The summed E-state index contributed by atoms with van der Waals surface area (Å²) in [7, 11) is 0. The van der Waals surface area contributed by atoms with Crippen molar-refractivity contribution in [2.75, 3.05) is 18.0 Å². The zero-order valence-electron chi connectivity index (χ0n) is 12.9. The Kier molecular flexibility index (Phi) is 4.83. The molecule has 1 saturated heterocycles. The molecule has 0 unspecified atom stereocenters. The summed E-state index contributed by atoms with van der Waals surface area (Å²) >= 11 is 0. The van der Waals surface area contributed by atoms with Crippen molar-refractivity contribution >= 4 is 17.6 Å². The lowest BCUT2D eigenvalue weighted by atomic mass is 10.1. The zero-order valence-corrected chi connectivity index (χ0v) is 12.9. The lowest BCUT2D eigenvalue weighted by Crippen LogP contribution is -2.43. The molecule has 3 amide bonds. The second kappa shape index (κ2) is 6.61. The molecule has 0 aliphatic carbocycles. The number of nitrogens with zero attached hydrogens (tertiary/aromatic N) is 1. The summed E-state index contributed by atoms with van der Waals surface area (Å²) in [6.45, 7) is 7.26. The molecule has 2 rings (SSSR count). The van der Waals surface area contributed by atoms with Crippen LogP contribution in [0.5, 0.6) is 0 Å². The lowest BCUT2D eigenvalue weighted by Gasteiger charge is -2.18. The van der Waals surface area contributed by atoms with E-state index in [1.807, 2.05) is 39.0 Å². The van der Waals surface area contributed by atoms with Crippen molar-refractivity contribution in [1.29, 1.82) is 0 Å². The first-order chi connectivity index (χ1) is 10.0. The molecule has 2 N–H and O–H groups in total. The van der Waals surface area contributed by atoms with Crippen LogP contribution in [0.4, 0.5) is 10.5 Å². The Bertz CT molecular complexity index is 542.